The van der Waals surface area contributed by atoms with Crippen molar-refractivity contribution in [1.29, 1.82) is 0 Å². The number of anilines is 1. The Bertz CT molecular complexity index is 304. The Balaban J connectivity index is 2.47. The average Bonchev–Trinajstić information content (AvgIpc) is 2.17. The van der Waals surface area contributed by atoms with Crippen molar-refractivity contribution in [3.8, 4) is 0 Å². The first-order valence-corrected chi connectivity index (χ1v) is 5.36. The summed E-state index contributed by atoms with van der Waals surface area (Å²) in [6, 6.07) is 1.61. The van der Waals surface area contributed by atoms with Gasteiger partial charge in [0.25, 0.3) is 0 Å². The van der Waals surface area contributed by atoms with Crippen LogP contribution in [0.5, 0.6) is 0 Å². The van der Waals surface area contributed by atoms with Gasteiger partial charge in [-0.3, -0.25) is 0 Å². The molecule has 0 aromatic carbocycles. The molecule has 0 aliphatic carbocycles. The lowest BCUT2D eigenvalue weighted by atomic mass is 10.0. The predicted molar refractivity (Wildman–Crippen MR) is 59.1 cm³/mol. The predicted octanol–water partition coefficient (Wildman–Crippen LogP) is 2.85. The molecule has 2 unspecified atom stereocenters. The van der Waals surface area contributed by atoms with E-state index in [1.807, 2.05) is 0 Å². The Morgan fingerprint density at radius 1 is 1.40 bits per heavy atom. The van der Waals surface area contributed by atoms with Crippen molar-refractivity contribution in [3.63, 3.8) is 0 Å². The molecule has 0 aliphatic heterocycles. The van der Waals surface area contributed by atoms with E-state index < -0.39 is 5.95 Å². The van der Waals surface area contributed by atoms with Crippen LogP contribution in [-0.4, -0.2) is 16.0 Å². The minimum absolute atomic E-state index is 0.300. The van der Waals surface area contributed by atoms with Crippen LogP contribution in [0.4, 0.5) is 10.2 Å². The fraction of sp³-hybridized carbons (Fsp3) is 0.636. The number of hydrogen-bond donors (Lipinski definition) is 1. The molecule has 1 N–H and O–H groups in total. The molecule has 0 radical (unpaired) electrons. The molecule has 0 saturated carbocycles. The lowest BCUT2D eigenvalue weighted by Crippen LogP contribution is -2.19. The molecule has 3 nitrogen and oxygen atoms in total. The number of nitrogens with zero attached hydrogens (tertiary/aromatic N) is 2. The summed E-state index contributed by atoms with van der Waals surface area (Å²) >= 11 is 0. The zero-order valence-electron chi connectivity index (χ0n) is 9.50. The molecule has 1 rings (SSSR count). The third-order valence-corrected chi connectivity index (χ3v) is 2.48. The van der Waals surface area contributed by atoms with Gasteiger partial charge < -0.3 is 5.32 Å². The third kappa shape index (κ3) is 4.23. The van der Waals surface area contributed by atoms with Crippen LogP contribution in [0, 0.1) is 11.9 Å². The third-order valence-electron chi connectivity index (χ3n) is 2.48. The zero-order chi connectivity index (χ0) is 11.3. The van der Waals surface area contributed by atoms with Crippen LogP contribution in [0.25, 0.3) is 0 Å². The van der Waals surface area contributed by atoms with Crippen LogP contribution >= 0.6 is 0 Å². The fourth-order valence-electron chi connectivity index (χ4n) is 1.49. The highest BCUT2D eigenvalue weighted by Gasteiger charge is 2.07. The van der Waals surface area contributed by atoms with Crippen LogP contribution in [0.2, 0.25) is 0 Å². The van der Waals surface area contributed by atoms with Gasteiger partial charge in [-0.2, -0.15) is 4.39 Å². The molecule has 0 amide bonds. The van der Waals surface area contributed by atoms with Gasteiger partial charge in [0, 0.05) is 12.1 Å². The van der Waals surface area contributed by atoms with Crippen molar-refractivity contribution in [2.45, 2.75) is 39.7 Å². The highest BCUT2D eigenvalue weighted by molar-refractivity contribution is 5.33. The summed E-state index contributed by atoms with van der Waals surface area (Å²) in [6.07, 6.45) is 3.44. The molecule has 2 atom stereocenters. The SMILES string of the molecule is CCC(C)CC(C)Nc1cc(F)ncn1. The molecule has 1 aromatic rings. The topological polar surface area (TPSA) is 37.8 Å². The van der Waals surface area contributed by atoms with Gasteiger partial charge in [0.15, 0.2) is 0 Å². The molecule has 1 heterocycles. The molecule has 4 heteroatoms. The Hall–Kier alpha value is -1.19. The number of nitrogens with one attached hydrogen (secondary N) is 1. The van der Waals surface area contributed by atoms with E-state index in [9.17, 15) is 4.39 Å². The monoisotopic (exact) mass is 211 g/mol. The van der Waals surface area contributed by atoms with Crippen LogP contribution < -0.4 is 5.32 Å². The molecule has 0 saturated heterocycles. The van der Waals surface area contributed by atoms with Gasteiger partial charge in [-0.15, -0.1) is 0 Å². The van der Waals surface area contributed by atoms with Gasteiger partial charge in [0.2, 0.25) is 5.95 Å². The molecule has 0 spiro atoms. The van der Waals surface area contributed by atoms with E-state index in [0.29, 0.717) is 17.8 Å². The summed E-state index contributed by atoms with van der Waals surface area (Å²) < 4.78 is 12.8. The Labute approximate surface area is 90.1 Å². The van der Waals surface area contributed by atoms with E-state index >= 15 is 0 Å². The molecular weight excluding hydrogens is 193 g/mol. The Morgan fingerprint density at radius 2 is 2.13 bits per heavy atom. The van der Waals surface area contributed by atoms with Crippen molar-refractivity contribution in [2.75, 3.05) is 5.32 Å². The average molecular weight is 211 g/mol. The first-order valence-electron chi connectivity index (χ1n) is 5.36. The fourth-order valence-corrected chi connectivity index (χ4v) is 1.49. The number of halogens is 1. The first kappa shape index (κ1) is 11.9. The molecule has 15 heavy (non-hydrogen) atoms. The summed E-state index contributed by atoms with van der Waals surface area (Å²) in [5.74, 6) is 0.723. The van der Waals surface area contributed by atoms with E-state index in [-0.39, 0.29) is 0 Å². The van der Waals surface area contributed by atoms with Crippen LogP contribution in [0.3, 0.4) is 0 Å². The molecule has 1 aromatic heterocycles. The van der Waals surface area contributed by atoms with Gasteiger partial charge in [-0.25, -0.2) is 9.97 Å². The standard InChI is InChI=1S/C11H18FN3/c1-4-8(2)5-9(3)15-11-6-10(12)13-7-14-11/h6-9H,4-5H2,1-3H3,(H,13,14,15). The van der Waals surface area contributed by atoms with Crippen molar-refractivity contribution in [1.82, 2.24) is 9.97 Å². The van der Waals surface area contributed by atoms with Gasteiger partial charge >= 0.3 is 0 Å². The van der Waals surface area contributed by atoms with E-state index in [2.05, 4.69) is 36.1 Å². The molecule has 0 fully saturated rings. The summed E-state index contributed by atoms with van der Waals surface area (Å²) in [5.41, 5.74) is 0. The second-order valence-electron chi connectivity index (χ2n) is 4.02. The van der Waals surface area contributed by atoms with E-state index in [4.69, 9.17) is 0 Å². The summed E-state index contributed by atoms with van der Waals surface area (Å²) in [7, 11) is 0. The molecule has 0 aliphatic rings. The lowest BCUT2D eigenvalue weighted by Gasteiger charge is -2.17. The van der Waals surface area contributed by atoms with Crippen molar-refractivity contribution >= 4 is 5.82 Å². The molecular formula is C11H18FN3. The Kier molecular flexibility index (Phi) is 4.46. The van der Waals surface area contributed by atoms with E-state index in [1.165, 1.54) is 12.4 Å². The van der Waals surface area contributed by atoms with Crippen LogP contribution in [-0.2, 0) is 0 Å². The summed E-state index contributed by atoms with van der Waals surface area (Å²) in [4.78, 5) is 7.36. The van der Waals surface area contributed by atoms with Crippen molar-refractivity contribution in [3.05, 3.63) is 18.3 Å². The van der Waals surface area contributed by atoms with Crippen molar-refractivity contribution < 1.29 is 4.39 Å². The van der Waals surface area contributed by atoms with Crippen molar-refractivity contribution in [2.24, 2.45) is 5.92 Å². The second kappa shape index (κ2) is 5.63. The maximum atomic E-state index is 12.8. The normalized spacial score (nSPS) is 14.7. The highest BCUT2D eigenvalue weighted by Crippen LogP contribution is 2.13. The maximum absolute atomic E-state index is 12.8. The largest absolute Gasteiger partial charge is 0.367 e. The molecule has 0 bridgehead atoms. The number of aromatic nitrogens is 2. The smallest absolute Gasteiger partial charge is 0.217 e. The lowest BCUT2D eigenvalue weighted by molar-refractivity contribution is 0.482. The number of hydrogen-bond acceptors (Lipinski definition) is 3. The van der Waals surface area contributed by atoms with E-state index in [1.54, 1.807) is 0 Å². The summed E-state index contributed by atoms with van der Waals surface area (Å²) in [6.45, 7) is 6.45. The minimum Gasteiger partial charge on any atom is -0.367 e. The summed E-state index contributed by atoms with van der Waals surface area (Å²) in [5, 5.41) is 3.16. The highest BCUT2D eigenvalue weighted by atomic mass is 19.1. The van der Waals surface area contributed by atoms with Gasteiger partial charge in [0.1, 0.15) is 12.1 Å². The van der Waals surface area contributed by atoms with Gasteiger partial charge in [-0.1, -0.05) is 20.3 Å². The van der Waals surface area contributed by atoms with E-state index in [0.717, 1.165) is 12.8 Å². The zero-order valence-corrected chi connectivity index (χ0v) is 9.50. The maximum Gasteiger partial charge on any atom is 0.217 e. The number of rotatable bonds is 5. The quantitative estimate of drug-likeness (QED) is 0.761. The van der Waals surface area contributed by atoms with Gasteiger partial charge in [-0.05, 0) is 19.3 Å². The minimum atomic E-state index is -0.497. The molecule has 84 valence electrons. The second-order valence-corrected chi connectivity index (χ2v) is 4.02. The van der Waals surface area contributed by atoms with Crippen LogP contribution in [0.15, 0.2) is 12.4 Å². The first-order chi connectivity index (χ1) is 7.11. The van der Waals surface area contributed by atoms with Gasteiger partial charge in [0.05, 0.1) is 0 Å². The Morgan fingerprint density at radius 3 is 2.73 bits per heavy atom. The van der Waals surface area contributed by atoms with Crippen LogP contribution in [0.1, 0.15) is 33.6 Å².